The molecule has 2 aromatic carbocycles. The van der Waals surface area contributed by atoms with Crippen LogP contribution in [0.1, 0.15) is 11.1 Å². The minimum absolute atomic E-state index is 0.0622. The van der Waals surface area contributed by atoms with Gasteiger partial charge in [-0.15, -0.1) is 5.11 Å². The number of H-pyrrole nitrogens is 1. The lowest BCUT2D eigenvalue weighted by molar-refractivity contribution is -0.137. The Morgan fingerprint density at radius 1 is 1.08 bits per heavy atom. The molecular weight excluding hydrogens is 343 g/mol. The summed E-state index contributed by atoms with van der Waals surface area (Å²) in [7, 11) is 0. The Morgan fingerprint density at radius 3 is 2.50 bits per heavy atom. The fraction of sp³-hybridized carbons (Fsp3) is 0.125. The number of aromatic hydroxyl groups is 1. The summed E-state index contributed by atoms with van der Waals surface area (Å²) in [6, 6.07) is 8.07. The number of azo groups is 1. The van der Waals surface area contributed by atoms with Gasteiger partial charge in [-0.1, -0.05) is 17.7 Å². The van der Waals surface area contributed by atoms with Gasteiger partial charge in [-0.3, -0.25) is 0 Å². The average molecular weight is 354 g/mol. The molecule has 0 atom stereocenters. The van der Waals surface area contributed by atoms with Crippen LogP contribution >= 0.6 is 11.6 Å². The molecule has 0 unspecified atom stereocenters. The second-order valence-corrected chi connectivity index (χ2v) is 5.62. The van der Waals surface area contributed by atoms with Crippen LogP contribution in [0.4, 0.5) is 24.5 Å². The Balaban J connectivity index is 2.06. The van der Waals surface area contributed by atoms with E-state index < -0.39 is 11.7 Å². The predicted molar refractivity (Wildman–Crippen MR) is 85.3 cm³/mol. The molecule has 24 heavy (non-hydrogen) atoms. The first-order valence-electron chi connectivity index (χ1n) is 6.85. The Morgan fingerprint density at radius 2 is 1.83 bits per heavy atom. The van der Waals surface area contributed by atoms with Crippen molar-refractivity contribution in [2.24, 2.45) is 10.2 Å². The van der Waals surface area contributed by atoms with Gasteiger partial charge < -0.3 is 10.1 Å². The molecule has 3 rings (SSSR count). The standard InChI is InChI=1S/C16H11ClF3N3O/c1-8-2-4-10(7-12(8)17)22-23-14-11-6-9(16(18,19)20)3-5-13(11)21-15(14)24/h2-7,21,24H,1H3. The summed E-state index contributed by atoms with van der Waals surface area (Å²) in [6.45, 7) is 1.83. The topological polar surface area (TPSA) is 60.7 Å². The van der Waals surface area contributed by atoms with E-state index in [0.717, 1.165) is 17.7 Å². The van der Waals surface area contributed by atoms with Crippen molar-refractivity contribution in [1.29, 1.82) is 0 Å². The highest BCUT2D eigenvalue weighted by Gasteiger charge is 2.31. The third kappa shape index (κ3) is 3.07. The molecule has 0 radical (unpaired) electrons. The Bertz CT molecular complexity index is 948. The van der Waals surface area contributed by atoms with E-state index in [2.05, 4.69) is 15.2 Å². The first-order valence-corrected chi connectivity index (χ1v) is 7.23. The molecule has 0 spiro atoms. The highest BCUT2D eigenvalue weighted by atomic mass is 35.5. The van der Waals surface area contributed by atoms with Gasteiger partial charge in [-0.25, -0.2) is 0 Å². The molecule has 3 aromatic rings. The van der Waals surface area contributed by atoms with Gasteiger partial charge in [0.25, 0.3) is 0 Å². The van der Waals surface area contributed by atoms with E-state index >= 15 is 0 Å². The third-order valence-electron chi connectivity index (χ3n) is 3.50. The molecular formula is C16H11ClF3N3O. The maximum atomic E-state index is 12.8. The highest BCUT2D eigenvalue weighted by molar-refractivity contribution is 6.31. The lowest BCUT2D eigenvalue weighted by Crippen LogP contribution is -2.03. The van der Waals surface area contributed by atoms with E-state index in [4.69, 9.17) is 11.6 Å². The van der Waals surface area contributed by atoms with Crippen LogP contribution in [-0.2, 0) is 6.18 Å². The number of nitrogens with zero attached hydrogens (tertiary/aromatic N) is 2. The molecule has 0 saturated heterocycles. The molecule has 0 aliphatic carbocycles. The number of rotatable bonds is 2. The van der Waals surface area contributed by atoms with Crippen molar-refractivity contribution in [3.63, 3.8) is 0 Å². The van der Waals surface area contributed by atoms with Gasteiger partial charge in [-0.2, -0.15) is 18.3 Å². The number of halogens is 4. The van der Waals surface area contributed by atoms with E-state index in [1.54, 1.807) is 18.2 Å². The van der Waals surface area contributed by atoms with Crippen molar-refractivity contribution < 1.29 is 18.3 Å². The largest absolute Gasteiger partial charge is 0.493 e. The first-order chi connectivity index (χ1) is 11.3. The van der Waals surface area contributed by atoms with Gasteiger partial charge in [0.05, 0.1) is 16.8 Å². The molecule has 0 aliphatic heterocycles. The number of hydrogen-bond acceptors (Lipinski definition) is 3. The van der Waals surface area contributed by atoms with Crippen molar-refractivity contribution in [3.8, 4) is 5.88 Å². The Hall–Kier alpha value is -2.54. The van der Waals surface area contributed by atoms with Crippen LogP contribution in [0.15, 0.2) is 46.6 Å². The van der Waals surface area contributed by atoms with Crippen molar-refractivity contribution in [2.45, 2.75) is 13.1 Å². The zero-order chi connectivity index (χ0) is 17.5. The van der Waals surface area contributed by atoms with Crippen LogP contribution in [0.3, 0.4) is 0 Å². The van der Waals surface area contributed by atoms with Gasteiger partial charge >= 0.3 is 6.18 Å². The zero-order valence-electron chi connectivity index (χ0n) is 12.3. The molecule has 0 fully saturated rings. The number of aromatic nitrogens is 1. The second kappa shape index (κ2) is 5.83. The van der Waals surface area contributed by atoms with Crippen molar-refractivity contribution in [3.05, 3.63) is 52.5 Å². The summed E-state index contributed by atoms with van der Waals surface area (Å²) >= 11 is 5.99. The summed E-state index contributed by atoms with van der Waals surface area (Å²) in [4.78, 5) is 2.57. The smallest absolute Gasteiger partial charge is 0.416 e. The van der Waals surface area contributed by atoms with Crippen LogP contribution in [0.5, 0.6) is 5.88 Å². The highest BCUT2D eigenvalue weighted by Crippen LogP contribution is 2.39. The van der Waals surface area contributed by atoms with Gasteiger partial charge in [-0.05, 0) is 42.8 Å². The van der Waals surface area contributed by atoms with Crippen LogP contribution in [0, 0.1) is 6.92 Å². The second-order valence-electron chi connectivity index (χ2n) is 5.21. The minimum atomic E-state index is -4.49. The molecule has 124 valence electrons. The maximum Gasteiger partial charge on any atom is 0.416 e. The number of alkyl halides is 3. The van der Waals surface area contributed by atoms with E-state index in [1.807, 2.05) is 6.92 Å². The molecule has 0 aliphatic rings. The molecule has 8 heteroatoms. The van der Waals surface area contributed by atoms with E-state index in [0.29, 0.717) is 16.2 Å². The van der Waals surface area contributed by atoms with E-state index in [9.17, 15) is 18.3 Å². The molecule has 4 nitrogen and oxygen atoms in total. The van der Waals surface area contributed by atoms with Gasteiger partial charge in [0.15, 0.2) is 5.69 Å². The van der Waals surface area contributed by atoms with Crippen molar-refractivity contribution in [1.82, 2.24) is 4.98 Å². The summed E-state index contributed by atoms with van der Waals surface area (Å²) < 4.78 is 38.5. The minimum Gasteiger partial charge on any atom is -0.493 e. The molecule has 0 amide bonds. The number of aromatic amines is 1. The number of nitrogens with one attached hydrogen (secondary N) is 1. The average Bonchev–Trinajstić information content (AvgIpc) is 2.82. The van der Waals surface area contributed by atoms with Crippen molar-refractivity contribution >= 4 is 33.9 Å². The maximum absolute atomic E-state index is 12.8. The lowest BCUT2D eigenvalue weighted by atomic mass is 10.1. The predicted octanol–water partition coefficient (Wildman–Crippen LogP) is 6.27. The summed E-state index contributed by atoms with van der Waals surface area (Å²) in [5.41, 5.74) is 0.722. The summed E-state index contributed by atoms with van der Waals surface area (Å²) in [5, 5.41) is 18.3. The van der Waals surface area contributed by atoms with Crippen LogP contribution in [0.25, 0.3) is 10.9 Å². The molecule has 0 saturated carbocycles. The monoisotopic (exact) mass is 353 g/mol. The van der Waals surface area contributed by atoms with Gasteiger partial charge in [0.2, 0.25) is 5.88 Å². The summed E-state index contributed by atoms with van der Waals surface area (Å²) in [5.74, 6) is -0.355. The number of hydrogen-bond donors (Lipinski definition) is 2. The summed E-state index contributed by atoms with van der Waals surface area (Å²) in [6.07, 6.45) is -4.49. The number of aryl methyl sites for hydroxylation is 1. The number of fused-ring (bicyclic) bond motifs is 1. The Labute approximate surface area is 139 Å². The fourth-order valence-corrected chi connectivity index (χ4v) is 2.37. The molecule has 0 bridgehead atoms. The van der Waals surface area contributed by atoms with Crippen LogP contribution < -0.4 is 0 Å². The lowest BCUT2D eigenvalue weighted by Gasteiger charge is -2.05. The molecule has 2 N–H and O–H groups in total. The third-order valence-corrected chi connectivity index (χ3v) is 3.91. The molecule has 1 aromatic heterocycles. The zero-order valence-corrected chi connectivity index (χ0v) is 13.1. The first kappa shape index (κ1) is 16.3. The van der Waals surface area contributed by atoms with Gasteiger partial charge in [0.1, 0.15) is 0 Å². The SMILES string of the molecule is Cc1ccc(N=Nc2c(O)[nH]c3ccc(C(F)(F)F)cc23)cc1Cl. The molecule has 1 heterocycles. The quantitative estimate of drug-likeness (QED) is 0.524. The normalized spacial score (nSPS) is 12.4. The van der Waals surface area contributed by atoms with E-state index in [1.165, 1.54) is 6.07 Å². The Kier molecular flexibility index (Phi) is 3.96. The van der Waals surface area contributed by atoms with Crippen LogP contribution in [0.2, 0.25) is 5.02 Å². The fourth-order valence-electron chi connectivity index (χ4n) is 2.19. The van der Waals surface area contributed by atoms with Crippen LogP contribution in [-0.4, -0.2) is 10.1 Å². The van der Waals surface area contributed by atoms with E-state index in [-0.39, 0.29) is 17.0 Å². The van der Waals surface area contributed by atoms with Crippen molar-refractivity contribution in [2.75, 3.05) is 0 Å². The van der Waals surface area contributed by atoms with Gasteiger partial charge in [0, 0.05) is 10.4 Å². The number of benzene rings is 2.